The molecule has 0 aliphatic rings. The Balaban J connectivity index is 2.28. The quantitative estimate of drug-likeness (QED) is 0.850. The summed E-state index contributed by atoms with van der Waals surface area (Å²) in [5, 5.41) is 11.2. The minimum absolute atomic E-state index is 0.118. The van der Waals surface area contributed by atoms with Gasteiger partial charge in [0.2, 0.25) is 10.0 Å². The molecule has 4 nitrogen and oxygen atoms in total. The van der Waals surface area contributed by atoms with Crippen molar-refractivity contribution in [3.63, 3.8) is 0 Å². The highest BCUT2D eigenvalue weighted by Crippen LogP contribution is 2.31. The van der Waals surface area contributed by atoms with Crippen LogP contribution in [0.25, 0.3) is 0 Å². The summed E-state index contributed by atoms with van der Waals surface area (Å²) in [7, 11) is -3.33. The average Bonchev–Trinajstić information content (AvgIpc) is 2.48. The van der Waals surface area contributed by atoms with E-state index in [-0.39, 0.29) is 6.54 Å². The standard InChI is InChI=1S/C16H18ClNO3S/c1-22(20,21)18-11-15(12-5-3-2-4-6-12)16(19)13-7-9-14(17)10-8-13/h2-10,15-16,18-19H,11H2,1H3. The van der Waals surface area contributed by atoms with Gasteiger partial charge in [-0.1, -0.05) is 54.1 Å². The zero-order chi connectivity index (χ0) is 16.2. The minimum Gasteiger partial charge on any atom is -0.388 e. The van der Waals surface area contributed by atoms with E-state index in [2.05, 4.69) is 4.72 Å². The summed E-state index contributed by atoms with van der Waals surface area (Å²) in [5.41, 5.74) is 1.55. The van der Waals surface area contributed by atoms with Crippen LogP contribution in [0.2, 0.25) is 5.02 Å². The minimum atomic E-state index is -3.33. The summed E-state index contributed by atoms with van der Waals surface area (Å²) < 4.78 is 25.2. The fourth-order valence-electron chi connectivity index (χ4n) is 2.25. The predicted octanol–water partition coefficient (Wildman–Crippen LogP) is 2.71. The highest BCUT2D eigenvalue weighted by molar-refractivity contribution is 7.88. The van der Waals surface area contributed by atoms with Crippen LogP contribution in [-0.2, 0) is 10.0 Å². The van der Waals surface area contributed by atoms with E-state index in [0.29, 0.717) is 10.6 Å². The Kier molecular flexibility index (Phi) is 5.58. The summed E-state index contributed by atoms with van der Waals surface area (Å²) in [6.45, 7) is 0.118. The van der Waals surface area contributed by atoms with Crippen molar-refractivity contribution in [1.29, 1.82) is 0 Å². The maximum absolute atomic E-state index is 11.4. The van der Waals surface area contributed by atoms with Crippen molar-refractivity contribution in [2.45, 2.75) is 12.0 Å². The highest BCUT2D eigenvalue weighted by atomic mass is 35.5. The average molecular weight is 340 g/mol. The van der Waals surface area contributed by atoms with Gasteiger partial charge in [0.05, 0.1) is 12.4 Å². The molecule has 6 heteroatoms. The van der Waals surface area contributed by atoms with E-state index >= 15 is 0 Å². The second-order valence-corrected chi connectivity index (χ2v) is 7.40. The number of hydrogen-bond donors (Lipinski definition) is 2. The Hall–Kier alpha value is -1.40. The molecule has 0 spiro atoms. The third kappa shape index (κ3) is 4.81. The van der Waals surface area contributed by atoms with Gasteiger partial charge in [0, 0.05) is 17.5 Å². The molecule has 2 rings (SSSR count). The van der Waals surface area contributed by atoms with Crippen LogP contribution in [0.15, 0.2) is 54.6 Å². The number of nitrogens with one attached hydrogen (secondary N) is 1. The van der Waals surface area contributed by atoms with E-state index in [0.717, 1.165) is 11.8 Å². The second-order valence-electron chi connectivity index (χ2n) is 5.13. The zero-order valence-corrected chi connectivity index (χ0v) is 13.7. The van der Waals surface area contributed by atoms with Crippen LogP contribution in [0, 0.1) is 0 Å². The van der Waals surface area contributed by atoms with Crippen LogP contribution in [-0.4, -0.2) is 26.3 Å². The Morgan fingerprint density at radius 3 is 2.18 bits per heavy atom. The van der Waals surface area contributed by atoms with Gasteiger partial charge in [-0.3, -0.25) is 0 Å². The molecule has 0 aromatic heterocycles. The molecule has 2 unspecified atom stereocenters. The fourth-order valence-corrected chi connectivity index (χ4v) is 2.85. The summed E-state index contributed by atoms with van der Waals surface area (Å²) in [6.07, 6.45) is 0.262. The lowest BCUT2D eigenvalue weighted by atomic mass is 9.89. The van der Waals surface area contributed by atoms with Crippen LogP contribution >= 0.6 is 11.6 Å². The normalized spacial score (nSPS) is 14.5. The van der Waals surface area contributed by atoms with Crippen LogP contribution in [0.5, 0.6) is 0 Å². The third-order valence-electron chi connectivity index (χ3n) is 3.39. The zero-order valence-electron chi connectivity index (χ0n) is 12.1. The molecule has 2 atom stereocenters. The van der Waals surface area contributed by atoms with Gasteiger partial charge < -0.3 is 5.11 Å². The molecule has 2 aromatic rings. The van der Waals surface area contributed by atoms with Gasteiger partial charge in [0.1, 0.15) is 0 Å². The van der Waals surface area contributed by atoms with Crippen molar-refractivity contribution in [3.8, 4) is 0 Å². The number of aliphatic hydroxyl groups excluding tert-OH is 1. The molecule has 0 amide bonds. The molecule has 0 aliphatic heterocycles. The summed E-state index contributed by atoms with van der Waals surface area (Å²) >= 11 is 5.86. The third-order valence-corrected chi connectivity index (χ3v) is 4.33. The smallest absolute Gasteiger partial charge is 0.208 e. The van der Waals surface area contributed by atoms with E-state index < -0.39 is 22.0 Å². The van der Waals surface area contributed by atoms with E-state index in [9.17, 15) is 13.5 Å². The van der Waals surface area contributed by atoms with E-state index in [1.807, 2.05) is 30.3 Å². The first-order chi connectivity index (χ1) is 10.4. The Labute approximate surface area is 135 Å². The van der Waals surface area contributed by atoms with Crippen molar-refractivity contribution in [3.05, 3.63) is 70.7 Å². The number of rotatable bonds is 6. The van der Waals surface area contributed by atoms with Gasteiger partial charge >= 0.3 is 0 Å². The maximum Gasteiger partial charge on any atom is 0.208 e. The van der Waals surface area contributed by atoms with Crippen molar-refractivity contribution >= 4 is 21.6 Å². The first-order valence-corrected chi connectivity index (χ1v) is 9.07. The molecule has 22 heavy (non-hydrogen) atoms. The molecule has 0 aliphatic carbocycles. The first-order valence-electron chi connectivity index (χ1n) is 6.80. The molecule has 2 N–H and O–H groups in total. The Bertz CT molecular complexity index is 702. The number of hydrogen-bond acceptors (Lipinski definition) is 3. The monoisotopic (exact) mass is 339 g/mol. The largest absolute Gasteiger partial charge is 0.388 e. The van der Waals surface area contributed by atoms with Crippen LogP contribution < -0.4 is 4.72 Å². The van der Waals surface area contributed by atoms with E-state index in [1.165, 1.54) is 0 Å². The van der Waals surface area contributed by atoms with Gasteiger partial charge in [0.25, 0.3) is 0 Å². The molecular weight excluding hydrogens is 322 g/mol. The molecule has 2 aromatic carbocycles. The molecule has 0 heterocycles. The lowest BCUT2D eigenvalue weighted by Crippen LogP contribution is -2.30. The van der Waals surface area contributed by atoms with Gasteiger partial charge in [0.15, 0.2) is 0 Å². The Morgan fingerprint density at radius 1 is 1.05 bits per heavy atom. The molecular formula is C16H18ClNO3S. The molecule has 118 valence electrons. The maximum atomic E-state index is 11.4. The fraction of sp³-hybridized carbons (Fsp3) is 0.250. The van der Waals surface area contributed by atoms with Gasteiger partial charge in [-0.2, -0.15) is 0 Å². The number of benzene rings is 2. The van der Waals surface area contributed by atoms with Gasteiger partial charge in [-0.05, 0) is 23.3 Å². The molecule has 0 fully saturated rings. The van der Waals surface area contributed by atoms with Crippen LogP contribution in [0.1, 0.15) is 23.1 Å². The number of aliphatic hydroxyl groups is 1. The molecule has 0 saturated heterocycles. The number of halogens is 1. The molecule has 0 radical (unpaired) electrons. The lowest BCUT2D eigenvalue weighted by Gasteiger charge is -2.24. The van der Waals surface area contributed by atoms with Crippen molar-refractivity contribution in [1.82, 2.24) is 4.72 Å². The molecule has 0 saturated carbocycles. The molecule has 0 bridgehead atoms. The van der Waals surface area contributed by atoms with Crippen molar-refractivity contribution < 1.29 is 13.5 Å². The number of sulfonamides is 1. The topological polar surface area (TPSA) is 66.4 Å². The van der Waals surface area contributed by atoms with Gasteiger partial charge in [-0.25, -0.2) is 13.1 Å². The van der Waals surface area contributed by atoms with E-state index in [1.54, 1.807) is 24.3 Å². The SMILES string of the molecule is CS(=O)(=O)NCC(c1ccccc1)C(O)c1ccc(Cl)cc1. The van der Waals surface area contributed by atoms with Crippen LogP contribution in [0.3, 0.4) is 0 Å². The summed E-state index contributed by atoms with van der Waals surface area (Å²) in [4.78, 5) is 0. The first kappa shape index (κ1) is 17.0. The summed E-state index contributed by atoms with van der Waals surface area (Å²) in [5.74, 6) is -0.392. The predicted molar refractivity (Wildman–Crippen MR) is 88.4 cm³/mol. The van der Waals surface area contributed by atoms with Crippen molar-refractivity contribution in [2.75, 3.05) is 12.8 Å². The van der Waals surface area contributed by atoms with Crippen molar-refractivity contribution in [2.24, 2.45) is 0 Å². The lowest BCUT2D eigenvalue weighted by molar-refractivity contribution is 0.146. The Morgan fingerprint density at radius 2 is 1.64 bits per heavy atom. The van der Waals surface area contributed by atoms with Gasteiger partial charge in [-0.15, -0.1) is 0 Å². The van der Waals surface area contributed by atoms with E-state index in [4.69, 9.17) is 11.6 Å². The second kappa shape index (κ2) is 7.24. The highest BCUT2D eigenvalue weighted by Gasteiger charge is 2.23. The van der Waals surface area contributed by atoms with Crippen LogP contribution in [0.4, 0.5) is 0 Å². The summed E-state index contributed by atoms with van der Waals surface area (Å²) in [6, 6.07) is 16.2.